The normalized spacial score (nSPS) is 15.0. The molecule has 0 saturated carbocycles. The van der Waals surface area contributed by atoms with E-state index in [4.69, 9.17) is 0 Å². The number of nitro benzene ring substituents is 1. The number of hydrogen-bond acceptors (Lipinski definition) is 7. The van der Waals surface area contributed by atoms with Gasteiger partial charge in [-0.2, -0.15) is 4.31 Å². The van der Waals surface area contributed by atoms with Crippen molar-refractivity contribution in [3.8, 4) is 0 Å². The third kappa shape index (κ3) is 2.78. The number of nitrogens with one attached hydrogen (secondary N) is 2. The fourth-order valence-electron chi connectivity index (χ4n) is 3.21. The van der Waals surface area contributed by atoms with E-state index in [0.717, 1.165) is 11.3 Å². The molecule has 0 bridgehead atoms. The monoisotopic (exact) mass is 408 g/mol. The smallest absolute Gasteiger partial charge is 0.314 e. The van der Waals surface area contributed by atoms with Crippen molar-refractivity contribution in [3.05, 3.63) is 65.5 Å². The average Bonchev–Trinajstić information content (AvgIpc) is 3.17. The second kappa shape index (κ2) is 6.11. The summed E-state index contributed by atoms with van der Waals surface area (Å²) >= 11 is 1.08. The molecule has 1 aliphatic rings. The van der Waals surface area contributed by atoms with Crippen molar-refractivity contribution < 1.29 is 13.3 Å². The molecule has 27 heavy (non-hydrogen) atoms. The summed E-state index contributed by atoms with van der Waals surface area (Å²) in [5, 5.41) is 13.1. The third-order valence-electron chi connectivity index (χ3n) is 4.45. The summed E-state index contributed by atoms with van der Waals surface area (Å²) in [4.78, 5) is 38.9. The molecule has 0 radical (unpaired) electrons. The highest BCUT2D eigenvalue weighted by Crippen LogP contribution is 2.35. The fourth-order valence-corrected chi connectivity index (χ4v) is 5.76. The molecular formula is C15H12N4O6S2. The van der Waals surface area contributed by atoms with Crippen LogP contribution in [0.15, 0.2) is 37.4 Å². The molecule has 0 fully saturated rings. The van der Waals surface area contributed by atoms with Gasteiger partial charge in [0.05, 0.1) is 16.0 Å². The molecule has 2 N–H and O–H groups in total. The maximum absolute atomic E-state index is 12.8. The summed E-state index contributed by atoms with van der Waals surface area (Å²) in [6, 6.07) is 4.30. The summed E-state index contributed by atoms with van der Waals surface area (Å²) < 4.78 is 27.0. The summed E-state index contributed by atoms with van der Waals surface area (Å²) in [5.74, 6) is 0. The number of hydrogen-bond donors (Lipinski definition) is 2. The van der Waals surface area contributed by atoms with Gasteiger partial charge in [0, 0.05) is 30.3 Å². The molecule has 3 aromatic rings. The first-order chi connectivity index (χ1) is 12.8. The Hall–Kier alpha value is -2.83. The van der Waals surface area contributed by atoms with Crippen LogP contribution in [0, 0.1) is 10.1 Å². The van der Waals surface area contributed by atoms with Crippen molar-refractivity contribution in [3.63, 3.8) is 0 Å². The lowest BCUT2D eigenvalue weighted by Gasteiger charge is -2.28. The summed E-state index contributed by atoms with van der Waals surface area (Å²) in [5.41, 5.74) is -1.10. The third-order valence-corrected chi connectivity index (χ3v) is 7.67. The van der Waals surface area contributed by atoms with E-state index >= 15 is 0 Å². The lowest BCUT2D eigenvalue weighted by Crippen LogP contribution is -2.37. The lowest BCUT2D eigenvalue weighted by molar-refractivity contribution is -0.385. The Bertz CT molecular complexity index is 1290. The molecule has 0 saturated heterocycles. The Kier molecular flexibility index (Phi) is 3.98. The Labute approximate surface area is 155 Å². The number of rotatable bonds is 3. The fraction of sp³-hybridized carbons (Fsp3) is 0.200. The zero-order valence-corrected chi connectivity index (χ0v) is 15.2. The van der Waals surface area contributed by atoms with Gasteiger partial charge < -0.3 is 9.97 Å². The zero-order valence-electron chi connectivity index (χ0n) is 13.6. The predicted molar refractivity (Wildman–Crippen MR) is 97.5 cm³/mol. The Morgan fingerprint density at radius 3 is 2.59 bits per heavy atom. The van der Waals surface area contributed by atoms with Crippen LogP contribution >= 0.6 is 11.3 Å². The Morgan fingerprint density at radius 1 is 1.19 bits per heavy atom. The quantitative estimate of drug-likeness (QED) is 0.374. The summed E-state index contributed by atoms with van der Waals surface area (Å²) in [6.45, 7) is -0.0666. The van der Waals surface area contributed by atoms with E-state index in [0.29, 0.717) is 11.1 Å². The highest BCUT2D eigenvalue weighted by molar-refractivity contribution is 7.91. The first kappa shape index (κ1) is 17.6. The van der Waals surface area contributed by atoms with Crippen LogP contribution in [0.5, 0.6) is 0 Å². The van der Waals surface area contributed by atoms with Gasteiger partial charge in [-0.25, -0.2) is 8.42 Å². The van der Waals surface area contributed by atoms with Crippen molar-refractivity contribution in [2.24, 2.45) is 0 Å². The number of thiophene rings is 1. The van der Waals surface area contributed by atoms with Crippen LogP contribution in [0.3, 0.4) is 0 Å². The van der Waals surface area contributed by atoms with Gasteiger partial charge >= 0.3 is 11.1 Å². The maximum Gasteiger partial charge on any atom is 0.314 e. The first-order valence-electron chi connectivity index (χ1n) is 7.78. The number of aromatic nitrogens is 2. The highest BCUT2D eigenvalue weighted by atomic mass is 32.2. The SMILES string of the molecule is O=c1[nH]c2cc([N+](=O)[O-])c3c(c2[nH]c1=O)CN(S(=O)(=O)c1cccs1)CC3. The molecule has 2 aromatic heterocycles. The van der Waals surface area contributed by atoms with Crippen LogP contribution in [0.2, 0.25) is 0 Å². The summed E-state index contributed by atoms with van der Waals surface area (Å²) in [7, 11) is -3.76. The van der Waals surface area contributed by atoms with Crippen molar-refractivity contribution in [1.82, 2.24) is 14.3 Å². The van der Waals surface area contributed by atoms with Crippen LogP contribution in [0.1, 0.15) is 11.1 Å². The van der Waals surface area contributed by atoms with Crippen molar-refractivity contribution in [2.45, 2.75) is 17.2 Å². The second-order valence-electron chi connectivity index (χ2n) is 5.96. The van der Waals surface area contributed by atoms with Gasteiger partial charge in [-0.1, -0.05) is 6.07 Å². The molecule has 12 heteroatoms. The van der Waals surface area contributed by atoms with Gasteiger partial charge in [-0.3, -0.25) is 19.7 Å². The van der Waals surface area contributed by atoms with Crippen LogP contribution in [-0.2, 0) is 23.0 Å². The molecule has 140 valence electrons. The van der Waals surface area contributed by atoms with E-state index in [1.165, 1.54) is 16.4 Å². The van der Waals surface area contributed by atoms with Crippen molar-refractivity contribution in [1.29, 1.82) is 0 Å². The minimum absolute atomic E-state index is 0.0766. The molecule has 0 aliphatic carbocycles. The molecular weight excluding hydrogens is 396 g/mol. The number of H-pyrrole nitrogens is 2. The predicted octanol–water partition coefficient (Wildman–Crippen LogP) is 0.933. The minimum atomic E-state index is -3.76. The average molecular weight is 408 g/mol. The van der Waals surface area contributed by atoms with Crippen LogP contribution < -0.4 is 11.1 Å². The Balaban J connectivity index is 1.94. The molecule has 0 atom stereocenters. The van der Waals surface area contributed by atoms with E-state index in [-0.39, 0.29) is 40.4 Å². The molecule has 1 aliphatic heterocycles. The number of sulfonamides is 1. The van der Waals surface area contributed by atoms with Crippen LogP contribution in [-0.4, -0.2) is 34.2 Å². The van der Waals surface area contributed by atoms with E-state index in [1.807, 2.05) is 0 Å². The molecule has 10 nitrogen and oxygen atoms in total. The molecule has 0 spiro atoms. The largest absolute Gasteiger partial charge is 0.316 e. The molecule has 0 unspecified atom stereocenters. The molecule has 1 aromatic carbocycles. The van der Waals surface area contributed by atoms with Gasteiger partial charge in [0.25, 0.3) is 15.7 Å². The van der Waals surface area contributed by atoms with Crippen molar-refractivity contribution >= 4 is 38.1 Å². The van der Waals surface area contributed by atoms with Gasteiger partial charge in [-0.05, 0) is 17.9 Å². The second-order valence-corrected chi connectivity index (χ2v) is 9.07. The molecule has 0 amide bonds. The van der Waals surface area contributed by atoms with Crippen LogP contribution in [0.4, 0.5) is 5.69 Å². The zero-order chi connectivity index (χ0) is 19.3. The van der Waals surface area contributed by atoms with Gasteiger partial charge in [0.2, 0.25) is 0 Å². The molecule has 3 heterocycles. The number of benzene rings is 1. The standard InChI is InChI=1S/C15H12N4O6S2/c20-14-15(21)17-13-9-7-18(27(24,25)12-2-1-5-26-12)4-3-8(9)11(19(22)23)6-10(13)16-14/h1-2,5-6H,3-4,7H2,(H,16,20)(H,17,21). The minimum Gasteiger partial charge on any atom is -0.316 e. The van der Waals surface area contributed by atoms with Crippen molar-refractivity contribution in [2.75, 3.05) is 6.54 Å². The van der Waals surface area contributed by atoms with Gasteiger partial charge in [-0.15, -0.1) is 11.3 Å². The number of fused-ring (bicyclic) bond motifs is 3. The van der Waals surface area contributed by atoms with E-state index in [9.17, 15) is 28.1 Å². The first-order valence-corrected chi connectivity index (χ1v) is 10.1. The highest BCUT2D eigenvalue weighted by Gasteiger charge is 2.33. The van der Waals surface area contributed by atoms with Gasteiger partial charge in [0.15, 0.2) is 0 Å². The molecule has 4 rings (SSSR count). The van der Waals surface area contributed by atoms with Gasteiger partial charge in [0.1, 0.15) is 4.21 Å². The summed E-state index contributed by atoms with van der Waals surface area (Å²) in [6.07, 6.45) is 0.118. The van der Waals surface area contributed by atoms with E-state index in [1.54, 1.807) is 11.4 Å². The van der Waals surface area contributed by atoms with Crippen LogP contribution in [0.25, 0.3) is 11.0 Å². The number of nitrogens with zero attached hydrogens (tertiary/aromatic N) is 2. The topological polar surface area (TPSA) is 146 Å². The maximum atomic E-state index is 12.8. The number of aromatic amines is 2. The lowest BCUT2D eigenvalue weighted by atomic mass is 9.97. The Morgan fingerprint density at radius 2 is 1.93 bits per heavy atom. The van der Waals surface area contributed by atoms with E-state index in [2.05, 4.69) is 9.97 Å². The number of nitro groups is 1. The van der Waals surface area contributed by atoms with E-state index < -0.39 is 26.1 Å².